The van der Waals surface area contributed by atoms with E-state index in [1.54, 1.807) is 0 Å². The molecule has 1 aromatic carbocycles. The third-order valence-electron chi connectivity index (χ3n) is 4.66. The van der Waals surface area contributed by atoms with Crippen molar-refractivity contribution in [3.05, 3.63) is 30.0 Å². The van der Waals surface area contributed by atoms with Crippen LogP contribution in [-0.4, -0.2) is 46.7 Å². The zero-order chi connectivity index (χ0) is 13.5. The Morgan fingerprint density at radius 1 is 1.30 bits per heavy atom. The van der Waals surface area contributed by atoms with Crippen molar-refractivity contribution >= 4 is 16.8 Å². The molecule has 2 aliphatic rings. The Morgan fingerprint density at radius 2 is 2.20 bits per heavy atom. The number of aromatic amines is 1. The maximum Gasteiger partial charge on any atom is 0.275 e. The van der Waals surface area contributed by atoms with Gasteiger partial charge in [0.05, 0.1) is 5.52 Å². The third-order valence-corrected chi connectivity index (χ3v) is 4.66. The van der Waals surface area contributed by atoms with Gasteiger partial charge in [-0.15, -0.1) is 0 Å². The lowest BCUT2D eigenvalue weighted by Crippen LogP contribution is -2.48. The Morgan fingerprint density at radius 3 is 3.15 bits per heavy atom. The predicted molar refractivity (Wildman–Crippen MR) is 76.5 cm³/mol. The average molecular weight is 270 g/mol. The number of carbonyl (C=O) groups excluding carboxylic acids is 1. The van der Waals surface area contributed by atoms with Gasteiger partial charge in [0.15, 0.2) is 5.69 Å². The lowest BCUT2D eigenvalue weighted by molar-refractivity contribution is 0.0698. The standard InChI is InChI=1S/C15H18N4O/c20-15(14-11-3-1-2-4-12(11)17-18-14)19-8-6-10-5-7-16-9-13(10)19/h1-4,10,13,16H,5-9H2,(H,17,18)/t10-,13-/m1/s1. The van der Waals surface area contributed by atoms with Crippen molar-refractivity contribution in [2.45, 2.75) is 18.9 Å². The molecule has 4 rings (SSSR count). The smallest absolute Gasteiger partial charge is 0.275 e. The summed E-state index contributed by atoms with van der Waals surface area (Å²) in [6.07, 6.45) is 2.30. The van der Waals surface area contributed by atoms with Crippen LogP contribution in [0.25, 0.3) is 10.9 Å². The first-order valence-corrected chi connectivity index (χ1v) is 7.29. The maximum absolute atomic E-state index is 12.8. The first kappa shape index (κ1) is 11.9. The lowest BCUT2D eigenvalue weighted by Gasteiger charge is -2.31. The van der Waals surface area contributed by atoms with E-state index in [0.29, 0.717) is 17.7 Å². The summed E-state index contributed by atoms with van der Waals surface area (Å²) in [7, 11) is 0. The second-order valence-corrected chi connectivity index (χ2v) is 5.73. The highest BCUT2D eigenvalue weighted by Crippen LogP contribution is 2.30. The van der Waals surface area contributed by atoms with Crippen molar-refractivity contribution in [2.24, 2.45) is 5.92 Å². The van der Waals surface area contributed by atoms with Crippen LogP contribution < -0.4 is 5.32 Å². The van der Waals surface area contributed by atoms with E-state index in [9.17, 15) is 4.79 Å². The zero-order valence-electron chi connectivity index (χ0n) is 11.3. The quantitative estimate of drug-likeness (QED) is 0.823. The molecule has 5 heteroatoms. The minimum absolute atomic E-state index is 0.0682. The number of para-hydroxylation sites is 1. The summed E-state index contributed by atoms with van der Waals surface area (Å²) in [5.41, 5.74) is 1.49. The number of aromatic nitrogens is 2. The molecule has 2 aromatic rings. The molecule has 0 bridgehead atoms. The molecule has 2 N–H and O–H groups in total. The minimum Gasteiger partial charge on any atom is -0.333 e. The molecule has 0 radical (unpaired) electrons. The van der Waals surface area contributed by atoms with E-state index in [2.05, 4.69) is 15.5 Å². The highest BCUT2D eigenvalue weighted by Gasteiger charge is 2.39. The summed E-state index contributed by atoms with van der Waals surface area (Å²) in [6, 6.07) is 8.15. The first-order chi connectivity index (χ1) is 9.84. The number of amides is 1. The monoisotopic (exact) mass is 270 g/mol. The number of fused-ring (bicyclic) bond motifs is 2. The van der Waals surface area contributed by atoms with Crippen LogP contribution in [0.2, 0.25) is 0 Å². The van der Waals surface area contributed by atoms with Gasteiger partial charge in [-0.05, 0) is 31.4 Å². The van der Waals surface area contributed by atoms with Gasteiger partial charge in [-0.25, -0.2) is 0 Å². The summed E-state index contributed by atoms with van der Waals surface area (Å²) in [4.78, 5) is 14.8. The average Bonchev–Trinajstić information content (AvgIpc) is 3.11. The van der Waals surface area contributed by atoms with Gasteiger partial charge in [-0.1, -0.05) is 18.2 Å². The number of hydrogen-bond donors (Lipinski definition) is 2. The Hall–Kier alpha value is -1.88. The van der Waals surface area contributed by atoms with Gasteiger partial charge in [-0.3, -0.25) is 9.89 Å². The summed E-state index contributed by atoms with van der Waals surface area (Å²) in [6.45, 7) is 2.85. The summed E-state index contributed by atoms with van der Waals surface area (Å²) in [5.74, 6) is 0.726. The summed E-state index contributed by atoms with van der Waals surface area (Å²) < 4.78 is 0. The second kappa shape index (κ2) is 4.59. The molecule has 0 spiro atoms. The molecule has 2 atom stereocenters. The Bertz CT molecular complexity index is 650. The van der Waals surface area contributed by atoms with Crippen LogP contribution in [0.3, 0.4) is 0 Å². The fourth-order valence-electron chi connectivity index (χ4n) is 3.58. The van der Waals surface area contributed by atoms with E-state index < -0.39 is 0 Å². The number of nitrogens with one attached hydrogen (secondary N) is 2. The minimum atomic E-state index is 0.0682. The van der Waals surface area contributed by atoms with Gasteiger partial charge in [0.1, 0.15) is 0 Å². The summed E-state index contributed by atoms with van der Waals surface area (Å²) >= 11 is 0. The van der Waals surface area contributed by atoms with Crippen LogP contribution >= 0.6 is 0 Å². The van der Waals surface area contributed by atoms with Crippen molar-refractivity contribution in [3.63, 3.8) is 0 Å². The Balaban J connectivity index is 1.67. The molecule has 0 aliphatic carbocycles. The van der Waals surface area contributed by atoms with E-state index >= 15 is 0 Å². The van der Waals surface area contributed by atoms with Crippen molar-refractivity contribution in [1.29, 1.82) is 0 Å². The SMILES string of the molecule is O=C(c1n[nH]c2ccccc12)N1CC[C@H]2CCNC[C@H]21. The van der Waals surface area contributed by atoms with E-state index in [1.165, 1.54) is 6.42 Å². The topological polar surface area (TPSA) is 61.0 Å². The van der Waals surface area contributed by atoms with Crippen LogP contribution in [0.4, 0.5) is 0 Å². The van der Waals surface area contributed by atoms with E-state index in [-0.39, 0.29) is 5.91 Å². The molecule has 104 valence electrons. The molecule has 0 saturated carbocycles. The number of benzene rings is 1. The number of likely N-dealkylation sites (tertiary alicyclic amines) is 1. The molecular formula is C15H18N4O. The van der Waals surface area contributed by atoms with E-state index in [1.807, 2.05) is 29.2 Å². The van der Waals surface area contributed by atoms with Crippen molar-refractivity contribution < 1.29 is 4.79 Å². The Labute approximate surface area is 117 Å². The molecule has 0 unspecified atom stereocenters. The second-order valence-electron chi connectivity index (χ2n) is 5.73. The highest BCUT2D eigenvalue weighted by atomic mass is 16.2. The molecular weight excluding hydrogens is 252 g/mol. The first-order valence-electron chi connectivity index (χ1n) is 7.29. The fourth-order valence-corrected chi connectivity index (χ4v) is 3.58. The zero-order valence-corrected chi connectivity index (χ0v) is 11.3. The van der Waals surface area contributed by atoms with Crippen LogP contribution in [0, 0.1) is 5.92 Å². The molecule has 5 nitrogen and oxygen atoms in total. The van der Waals surface area contributed by atoms with Gasteiger partial charge < -0.3 is 10.2 Å². The third kappa shape index (κ3) is 1.73. The summed E-state index contributed by atoms with van der Waals surface area (Å²) in [5, 5.41) is 11.5. The van der Waals surface area contributed by atoms with Crippen LogP contribution in [0.1, 0.15) is 23.3 Å². The van der Waals surface area contributed by atoms with Crippen molar-refractivity contribution in [3.8, 4) is 0 Å². The largest absolute Gasteiger partial charge is 0.333 e. The van der Waals surface area contributed by atoms with Gasteiger partial charge in [0.25, 0.3) is 5.91 Å². The molecule has 1 amide bonds. The molecule has 1 aromatic heterocycles. The van der Waals surface area contributed by atoms with Crippen molar-refractivity contribution in [1.82, 2.24) is 20.4 Å². The van der Waals surface area contributed by atoms with Crippen LogP contribution in [-0.2, 0) is 0 Å². The van der Waals surface area contributed by atoms with Crippen molar-refractivity contribution in [2.75, 3.05) is 19.6 Å². The molecule has 20 heavy (non-hydrogen) atoms. The normalized spacial score (nSPS) is 25.9. The predicted octanol–water partition coefficient (Wildman–Crippen LogP) is 1.39. The maximum atomic E-state index is 12.8. The fraction of sp³-hybridized carbons (Fsp3) is 0.467. The molecule has 3 heterocycles. The number of piperidine rings is 1. The van der Waals surface area contributed by atoms with Crippen LogP contribution in [0.15, 0.2) is 24.3 Å². The van der Waals surface area contributed by atoms with E-state index in [0.717, 1.165) is 37.0 Å². The molecule has 2 saturated heterocycles. The van der Waals surface area contributed by atoms with Gasteiger partial charge >= 0.3 is 0 Å². The molecule has 2 aliphatic heterocycles. The number of H-pyrrole nitrogens is 1. The highest BCUT2D eigenvalue weighted by molar-refractivity contribution is 6.04. The lowest BCUT2D eigenvalue weighted by atomic mass is 9.93. The Kier molecular flexibility index (Phi) is 2.73. The number of nitrogens with zero attached hydrogens (tertiary/aromatic N) is 2. The van der Waals surface area contributed by atoms with Gasteiger partial charge in [0.2, 0.25) is 0 Å². The van der Waals surface area contributed by atoms with Gasteiger partial charge in [-0.2, -0.15) is 5.10 Å². The number of carbonyl (C=O) groups is 1. The number of hydrogen-bond acceptors (Lipinski definition) is 3. The van der Waals surface area contributed by atoms with Gasteiger partial charge in [0, 0.05) is 24.5 Å². The van der Waals surface area contributed by atoms with E-state index in [4.69, 9.17) is 0 Å². The molecule has 2 fully saturated rings. The van der Waals surface area contributed by atoms with Crippen LogP contribution in [0.5, 0.6) is 0 Å². The number of rotatable bonds is 1.